The van der Waals surface area contributed by atoms with Crippen LogP contribution >= 0.6 is 11.3 Å². The molecule has 1 aliphatic rings. The van der Waals surface area contributed by atoms with Crippen LogP contribution in [0.4, 0.5) is 35.1 Å². The molecule has 3 aromatic rings. The lowest BCUT2D eigenvalue weighted by molar-refractivity contribution is -0.193. The third-order valence-electron chi connectivity index (χ3n) is 7.89. The molecule has 0 spiro atoms. The first-order valence-corrected chi connectivity index (χ1v) is 16.5. The zero-order chi connectivity index (χ0) is 37.1. The second-order valence-electron chi connectivity index (χ2n) is 11.5. The molecule has 1 fully saturated rings. The normalized spacial score (nSPS) is 13.9. The predicted molar refractivity (Wildman–Crippen MR) is 169 cm³/mol. The van der Waals surface area contributed by atoms with Crippen molar-refractivity contribution in [2.75, 3.05) is 32.7 Å². The third-order valence-corrected chi connectivity index (χ3v) is 8.85. The van der Waals surface area contributed by atoms with Gasteiger partial charge in [0, 0.05) is 32.1 Å². The van der Waals surface area contributed by atoms with Gasteiger partial charge in [0.15, 0.2) is 0 Å². The van der Waals surface area contributed by atoms with E-state index in [1.807, 2.05) is 11.0 Å². The van der Waals surface area contributed by atoms with E-state index < -0.39 is 35.6 Å². The van der Waals surface area contributed by atoms with Crippen LogP contribution in [0.15, 0.2) is 35.1 Å². The Morgan fingerprint density at radius 1 is 0.840 bits per heavy atom. The lowest BCUT2D eigenvalue weighted by Gasteiger charge is -2.34. The lowest BCUT2D eigenvalue weighted by atomic mass is 9.94. The fourth-order valence-corrected chi connectivity index (χ4v) is 6.30. The van der Waals surface area contributed by atoms with E-state index in [-0.39, 0.29) is 22.6 Å². The second kappa shape index (κ2) is 18.4. The first-order chi connectivity index (χ1) is 23.5. The number of aromatic amines is 1. The molecule has 1 aromatic heterocycles. The Bertz CT molecular complexity index is 1640. The zero-order valence-electron chi connectivity index (χ0n) is 26.6. The number of halogens is 8. The molecule has 9 nitrogen and oxygen atoms in total. The molecule has 0 aliphatic heterocycles. The molecule has 1 amide bonds. The Morgan fingerprint density at radius 2 is 1.44 bits per heavy atom. The predicted octanol–water partition coefficient (Wildman–Crippen LogP) is 5.34. The highest BCUT2D eigenvalue weighted by atomic mass is 32.1. The van der Waals surface area contributed by atoms with E-state index in [2.05, 4.69) is 15.6 Å². The Morgan fingerprint density at radius 3 is 2.06 bits per heavy atom. The third kappa shape index (κ3) is 12.2. The van der Waals surface area contributed by atoms with Gasteiger partial charge in [0.1, 0.15) is 22.9 Å². The molecule has 4 N–H and O–H groups in total. The van der Waals surface area contributed by atoms with E-state index in [0.717, 1.165) is 59.4 Å². The smallest absolute Gasteiger partial charge is 0.458 e. The number of alkyl halides is 6. The van der Waals surface area contributed by atoms with Gasteiger partial charge in [-0.15, -0.1) is 0 Å². The number of Topliss-reactive ketones (excluding diaryl/α,β-unsaturated/α-hetero) is 2. The number of aromatic nitrogens is 1. The molecular weight excluding hydrogens is 704 g/mol. The van der Waals surface area contributed by atoms with Crippen LogP contribution in [0, 0.1) is 11.6 Å². The summed E-state index contributed by atoms with van der Waals surface area (Å²) in [4.78, 5) is 48.6. The number of nitrogens with zero attached hydrogens (tertiary/aromatic N) is 1. The minimum absolute atomic E-state index is 0.0762. The Labute approximate surface area is 285 Å². The van der Waals surface area contributed by atoms with E-state index >= 15 is 0 Å². The maximum atomic E-state index is 13.8. The number of fused-ring (bicyclic) bond motifs is 1. The average molecular weight is 741 g/mol. The minimum Gasteiger partial charge on any atom is -0.506 e. The van der Waals surface area contributed by atoms with E-state index in [4.69, 9.17) is 0 Å². The number of nitrogens with one attached hydrogen (secondary N) is 3. The van der Waals surface area contributed by atoms with Gasteiger partial charge in [-0.25, -0.2) is 8.78 Å². The lowest BCUT2D eigenvalue weighted by Crippen LogP contribution is -2.45. The number of thiazole rings is 1. The van der Waals surface area contributed by atoms with Crippen molar-refractivity contribution in [3.8, 4) is 5.75 Å². The monoisotopic (exact) mass is 740 g/mol. The van der Waals surface area contributed by atoms with E-state index in [1.54, 1.807) is 6.07 Å². The van der Waals surface area contributed by atoms with Crippen LogP contribution in [0.1, 0.15) is 49.7 Å². The number of phenolic OH excluding ortho intramolecular Hbond substituents is 1. The molecule has 0 unspecified atom stereocenters. The van der Waals surface area contributed by atoms with Gasteiger partial charge in [-0.05, 0) is 74.2 Å². The van der Waals surface area contributed by atoms with Crippen molar-refractivity contribution in [3.63, 3.8) is 0 Å². The fraction of sp³-hybridized carbons (Fsp3) is 0.500. The van der Waals surface area contributed by atoms with Gasteiger partial charge in [-0.3, -0.25) is 19.2 Å². The number of rotatable bonds is 14. The molecule has 1 heterocycles. The van der Waals surface area contributed by atoms with Gasteiger partial charge in [0.2, 0.25) is 5.91 Å². The number of H-pyrrole nitrogens is 1. The highest BCUT2D eigenvalue weighted by molar-refractivity contribution is 7.16. The Kier molecular flexibility index (Phi) is 14.9. The molecule has 0 radical (unpaired) electrons. The Hall–Kier alpha value is -3.90. The topological polar surface area (TPSA) is 132 Å². The van der Waals surface area contributed by atoms with Gasteiger partial charge >= 0.3 is 28.8 Å². The van der Waals surface area contributed by atoms with Gasteiger partial charge in [-0.2, -0.15) is 26.3 Å². The summed E-state index contributed by atoms with van der Waals surface area (Å²) in [7, 11) is 0. The molecule has 1 aliphatic carbocycles. The number of phenols is 1. The van der Waals surface area contributed by atoms with E-state index in [0.29, 0.717) is 63.1 Å². The van der Waals surface area contributed by atoms with Crippen LogP contribution in [0.25, 0.3) is 10.2 Å². The molecule has 18 heteroatoms. The second-order valence-corrected chi connectivity index (χ2v) is 12.5. The summed E-state index contributed by atoms with van der Waals surface area (Å²) in [6.45, 7) is 2.94. The maximum absolute atomic E-state index is 13.8. The first kappa shape index (κ1) is 40.5. The van der Waals surface area contributed by atoms with Crippen molar-refractivity contribution in [1.82, 2.24) is 20.5 Å². The molecular formula is C32H36F8N4O5S. The van der Waals surface area contributed by atoms with E-state index in [9.17, 15) is 59.4 Å². The molecule has 1 saturated carbocycles. The van der Waals surface area contributed by atoms with Crippen LogP contribution in [0.2, 0.25) is 0 Å². The van der Waals surface area contributed by atoms with Crippen molar-refractivity contribution in [3.05, 3.63) is 62.8 Å². The summed E-state index contributed by atoms with van der Waals surface area (Å²) in [6, 6.07) is 7.16. The minimum atomic E-state index is -5.77. The largest absolute Gasteiger partial charge is 0.506 e. The van der Waals surface area contributed by atoms with Crippen LogP contribution in [0.5, 0.6) is 5.75 Å². The molecule has 0 atom stereocenters. The van der Waals surface area contributed by atoms with Gasteiger partial charge in [0.25, 0.3) is 0 Å². The summed E-state index contributed by atoms with van der Waals surface area (Å²) < 4.78 is 94.9. The fourth-order valence-electron chi connectivity index (χ4n) is 5.40. The summed E-state index contributed by atoms with van der Waals surface area (Å²) in [5, 5.41) is 16.6. The maximum Gasteiger partial charge on any atom is 0.458 e. The Balaban J connectivity index is 0.000000482. The number of carbonyl (C=O) groups is 3. The van der Waals surface area contributed by atoms with Crippen LogP contribution in [0.3, 0.4) is 0 Å². The number of carbonyl (C=O) groups excluding carboxylic acids is 3. The number of hydrogen-bond donors (Lipinski definition) is 4. The van der Waals surface area contributed by atoms with Crippen molar-refractivity contribution in [1.29, 1.82) is 0 Å². The summed E-state index contributed by atoms with van der Waals surface area (Å²) in [6.07, 6.45) is -4.59. The van der Waals surface area contributed by atoms with Gasteiger partial charge < -0.3 is 25.6 Å². The van der Waals surface area contributed by atoms with Crippen molar-refractivity contribution in [2.45, 2.75) is 69.8 Å². The zero-order valence-corrected chi connectivity index (χ0v) is 27.4. The summed E-state index contributed by atoms with van der Waals surface area (Å²) in [5.74, 6) is -7.50. The molecule has 0 saturated heterocycles. The first-order valence-electron chi connectivity index (χ1n) is 15.7. The van der Waals surface area contributed by atoms with Crippen LogP contribution < -0.4 is 15.5 Å². The van der Waals surface area contributed by atoms with Gasteiger partial charge in [0.05, 0.1) is 4.70 Å². The standard InChI is InChI=1S/C28H36F2N4O3S.C4F6O2/c29-21-7-8-23(30)20(18-21)11-14-31-15-12-25(36)34(22-4-2-1-3-5-22)17-16-32-13-10-19-6-9-24(35)26-27(19)38-28(37)33-26;5-3(6,7)1(11)2(12)4(8,9)10/h6-9,18,22,31-32,35H,1-5,10-17H2,(H,33,37);. The highest BCUT2D eigenvalue weighted by Crippen LogP contribution is 2.28. The summed E-state index contributed by atoms with van der Waals surface area (Å²) >= 11 is 1.10. The van der Waals surface area contributed by atoms with Crippen molar-refractivity contribution in [2.24, 2.45) is 0 Å². The molecule has 4 rings (SSSR count). The molecule has 276 valence electrons. The number of benzene rings is 2. The summed E-state index contributed by atoms with van der Waals surface area (Å²) in [5.41, 5.74) is 1.82. The van der Waals surface area contributed by atoms with Crippen LogP contribution in [-0.4, -0.2) is 83.6 Å². The highest BCUT2D eigenvalue weighted by Gasteiger charge is 2.54. The number of hydrogen-bond acceptors (Lipinski definition) is 8. The number of ketones is 2. The van der Waals surface area contributed by atoms with Gasteiger partial charge in [-0.1, -0.05) is 36.7 Å². The number of amides is 1. The average Bonchev–Trinajstić information content (AvgIpc) is 3.46. The van der Waals surface area contributed by atoms with Crippen molar-refractivity contribution >= 4 is 39.0 Å². The van der Waals surface area contributed by atoms with E-state index in [1.165, 1.54) is 12.5 Å². The quantitative estimate of drug-likeness (QED) is 0.0998. The van der Waals surface area contributed by atoms with Crippen LogP contribution in [-0.2, 0) is 27.2 Å². The molecule has 50 heavy (non-hydrogen) atoms. The SMILES string of the molecule is O=C(C(=O)C(F)(F)F)C(F)(F)F.O=C(CCNCCc1cc(F)ccc1F)N(CCNCCc1ccc(O)c2[nH]c(=O)sc12)C1CCCCC1. The molecule has 2 aromatic carbocycles. The van der Waals surface area contributed by atoms with Crippen molar-refractivity contribution < 1.29 is 54.6 Å². The number of aromatic hydroxyl groups is 1. The molecule has 0 bridgehead atoms.